The van der Waals surface area contributed by atoms with Gasteiger partial charge in [0.1, 0.15) is 11.5 Å². The largest absolute Gasteiger partial charge is 0.456 e. The molecule has 0 heterocycles. The van der Waals surface area contributed by atoms with E-state index in [4.69, 9.17) is 4.74 Å². The molecule has 138 valence electrons. The fraction of sp³-hybridized carbons (Fsp3) is 0.250. The molecule has 0 aliphatic heterocycles. The van der Waals surface area contributed by atoms with E-state index in [1.54, 1.807) is 0 Å². The Kier molecular flexibility index (Phi) is 7.45. The van der Waals surface area contributed by atoms with Crippen molar-refractivity contribution in [3.05, 3.63) is 52.5 Å². The molecule has 1 N–H and O–H groups in total. The van der Waals surface area contributed by atoms with Crippen molar-refractivity contribution in [3.63, 3.8) is 0 Å². The summed E-state index contributed by atoms with van der Waals surface area (Å²) in [6.45, 7) is 4.00. The van der Waals surface area contributed by atoms with E-state index in [1.165, 1.54) is 37.4 Å². The second-order valence-corrected chi connectivity index (χ2v) is 7.17. The summed E-state index contributed by atoms with van der Waals surface area (Å²) >= 11 is 3.14. The molecule has 0 radical (unpaired) electrons. The Hall–Kier alpha value is -1.58. The number of benzene rings is 2. The first-order valence-electron chi connectivity index (χ1n) is 7.22. The molecule has 0 bridgehead atoms. The highest BCUT2D eigenvalue weighted by molar-refractivity contribution is 9.10. The van der Waals surface area contributed by atoms with Gasteiger partial charge in [-0.05, 0) is 59.4 Å². The first-order chi connectivity index (χ1) is 11.6. The van der Waals surface area contributed by atoms with Gasteiger partial charge in [0.05, 0.1) is 14.9 Å². The number of rotatable bonds is 4. The van der Waals surface area contributed by atoms with Crippen LogP contribution in [0.1, 0.15) is 19.4 Å². The molecule has 0 aliphatic carbocycles. The highest BCUT2D eigenvalue weighted by Gasteiger charge is 2.30. The van der Waals surface area contributed by atoms with Crippen molar-refractivity contribution in [2.24, 2.45) is 0 Å². The second kappa shape index (κ2) is 8.68. The van der Waals surface area contributed by atoms with Crippen molar-refractivity contribution in [1.82, 2.24) is 4.72 Å². The van der Waals surface area contributed by atoms with Crippen LogP contribution in [0.15, 0.2) is 51.8 Å². The molecule has 0 amide bonds. The van der Waals surface area contributed by atoms with Crippen LogP contribution in [0.4, 0.5) is 13.2 Å². The van der Waals surface area contributed by atoms with E-state index in [1.807, 2.05) is 13.8 Å². The number of halogens is 4. The lowest BCUT2D eigenvalue weighted by Crippen LogP contribution is -2.18. The third-order valence-electron chi connectivity index (χ3n) is 2.87. The summed E-state index contributed by atoms with van der Waals surface area (Å²) in [6, 6.07) is 8.35. The molecule has 0 fully saturated rings. The van der Waals surface area contributed by atoms with Gasteiger partial charge in [0.2, 0.25) is 10.0 Å². The van der Waals surface area contributed by atoms with Crippen LogP contribution in [0.3, 0.4) is 0 Å². The van der Waals surface area contributed by atoms with Crippen molar-refractivity contribution in [2.45, 2.75) is 24.9 Å². The van der Waals surface area contributed by atoms with E-state index < -0.39 is 21.8 Å². The maximum absolute atomic E-state index is 12.7. The Morgan fingerprint density at radius 3 is 2.24 bits per heavy atom. The van der Waals surface area contributed by atoms with E-state index in [9.17, 15) is 21.6 Å². The SMILES string of the molecule is CC.CNS(=O)(=O)c1ccc(Oc2cccc(C(F)(F)F)c2)c(Br)c1. The van der Waals surface area contributed by atoms with E-state index in [-0.39, 0.29) is 16.4 Å². The lowest BCUT2D eigenvalue weighted by Gasteiger charge is -2.12. The highest BCUT2D eigenvalue weighted by atomic mass is 79.9. The Bertz CT molecular complexity index is 824. The Morgan fingerprint density at radius 1 is 1.08 bits per heavy atom. The lowest BCUT2D eigenvalue weighted by atomic mass is 10.2. The smallest absolute Gasteiger partial charge is 0.416 e. The summed E-state index contributed by atoms with van der Waals surface area (Å²) in [5.74, 6) is 0.184. The molecule has 0 saturated carbocycles. The number of hydrogen-bond acceptors (Lipinski definition) is 3. The standard InChI is InChI=1S/C14H11BrF3NO3S.C2H6/c1-19-23(20,21)11-5-6-13(12(15)8-11)22-10-4-2-3-9(7-10)14(16,17)18;1-2/h2-8,19H,1H3;1-2H3. The van der Waals surface area contributed by atoms with Crippen LogP contribution in [-0.2, 0) is 16.2 Å². The fourth-order valence-corrected chi connectivity index (χ4v) is 3.08. The van der Waals surface area contributed by atoms with E-state index in [0.717, 1.165) is 12.1 Å². The minimum atomic E-state index is -4.47. The Morgan fingerprint density at radius 2 is 1.72 bits per heavy atom. The molecule has 2 aromatic rings. The molecule has 25 heavy (non-hydrogen) atoms. The average Bonchev–Trinajstić information content (AvgIpc) is 2.58. The summed E-state index contributed by atoms with van der Waals surface area (Å²) in [5.41, 5.74) is -0.833. The monoisotopic (exact) mass is 439 g/mol. The Balaban J connectivity index is 0.00000151. The van der Waals surface area contributed by atoms with Crippen molar-refractivity contribution in [2.75, 3.05) is 7.05 Å². The zero-order valence-corrected chi connectivity index (χ0v) is 16.1. The van der Waals surface area contributed by atoms with Gasteiger partial charge in [-0.3, -0.25) is 0 Å². The number of ether oxygens (including phenoxy) is 1. The predicted octanol–water partition coefficient (Wildman–Crippen LogP) is 5.19. The third kappa shape index (κ3) is 5.72. The van der Waals surface area contributed by atoms with Gasteiger partial charge in [0.25, 0.3) is 0 Å². The minimum Gasteiger partial charge on any atom is -0.456 e. The summed E-state index contributed by atoms with van der Waals surface area (Å²) in [7, 11) is -2.35. The van der Waals surface area contributed by atoms with Crippen molar-refractivity contribution < 1.29 is 26.3 Å². The maximum atomic E-state index is 12.7. The first-order valence-corrected chi connectivity index (χ1v) is 9.49. The molecule has 9 heteroatoms. The van der Waals surface area contributed by atoms with Gasteiger partial charge >= 0.3 is 6.18 Å². The van der Waals surface area contributed by atoms with Crippen LogP contribution in [-0.4, -0.2) is 15.5 Å². The summed E-state index contributed by atoms with van der Waals surface area (Å²) in [5, 5.41) is 0. The molecular formula is C16H17BrF3NO3S. The average molecular weight is 440 g/mol. The molecule has 4 nitrogen and oxygen atoms in total. The van der Waals surface area contributed by atoms with Gasteiger partial charge in [0.15, 0.2) is 0 Å². The number of nitrogens with one attached hydrogen (secondary N) is 1. The van der Waals surface area contributed by atoms with Gasteiger partial charge in [-0.25, -0.2) is 13.1 Å². The van der Waals surface area contributed by atoms with Crippen LogP contribution in [0, 0.1) is 0 Å². The summed E-state index contributed by atoms with van der Waals surface area (Å²) < 4.78 is 69.2. The predicted molar refractivity (Wildman–Crippen MR) is 93.3 cm³/mol. The quantitative estimate of drug-likeness (QED) is 0.712. The van der Waals surface area contributed by atoms with Crippen molar-refractivity contribution in [1.29, 1.82) is 0 Å². The fourth-order valence-electron chi connectivity index (χ4n) is 1.71. The molecule has 2 aromatic carbocycles. The number of sulfonamides is 1. The normalized spacial score (nSPS) is 11.5. The number of hydrogen-bond donors (Lipinski definition) is 1. The molecular weight excluding hydrogens is 423 g/mol. The molecule has 0 saturated heterocycles. The highest BCUT2D eigenvalue weighted by Crippen LogP contribution is 2.35. The van der Waals surface area contributed by atoms with Crippen LogP contribution in [0.2, 0.25) is 0 Å². The number of alkyl halides is 3. The van der Waals surface area contributed by atoms with E-state index in [2.05, 4.69) is 20.7 Å². The first kappa shape index (κ1) is 21.5. The van der Waals surface area contributed by atoms with Gasteiger partial charge < -0.3 is 4.74 Å². The molecule has 2 rings (SSSR count). The van der Waals surface area contributed by atoms with E-state index >= 15 is 0 Å². The van der Waals surface area contributed by atoms with Crippen LogP contribution in [0.5, 0.6) is 11.5 Å². The Labute approximate surface area is 153 Å². The second-order valence-electron chi connectivity index (χ2n) is 4.43. The van der Waals surface area contributed by atoms with Crippen LogP contribution >= 0.6 is 15.9 Å². The van der Waals surface area contributed by atoms with Gasteiger partial charge in [-0.1, -0.05) is 19.9 Å². The zero-order valence-electron chi connectivity index (χ0n) is 13.7. The molecule has 0 unspecified atom stereocenters. The van der Waals surface area contributed by atoms with Gasteiger partial charge in [-0.15, -0.1) is 0 Å². The summed E-state index contributed by atoms with van der Waals surface area (Å²) in [6.07, 6.45) is -4.47. The molecule has 0 aliphatic rings. The molecule has 0 spiro atoms. The van der Waals surface area contributed by atoms with Gasteiger partial charge in [0, 0.05) is 0 Å². The van der Waals surface area contributed by atoms with Crippen molar-refractivity contribution in [3.8, 4) is 11.5 Å². The molecule has 0 atom stereocenters. The topological polar surface area (TPSA) is 55.4 Å². The third-order valence-corrected chi connectivity index (χ3v) is 4.90. The summed E-state index contributed by atoms with van der Waals surface area (Å²) in [4.78, 5) is 0.00303. The van der Waals surface area contributed by atoms with Crippen LogP contribution in [0.25, 0.3) is 0 Å². The van der Waals surface area contributed by atoms with Crippen molar-refractivity contribution >= 4 is 26.0 Å². The lowest BCUT2D eigenvalue weighted by molar-refractivity contribution is -0.137. The zero-order chi connectivity index (χ0) is 19.3. The maximum Gasteiger partial charge on any atom is 0.416 e. The minimum absolute atomic E-state index is 0.00303. The molecule has 0 aromatic heterocycles. The van der Waals surface area contributed by atoms with Gasteiger partial charge in [-0.2, -0.15) is 13.2 Å². The van der Waals surface area contributed by atoms with E-state index in [0.29, 0.717) is 4.47 Å². The van der Waals surface area contributed by atoms with Crippen LogP contribution < -0.4 is 9.46 Å².